The molecular formula is C14H25N3O. The van der Waals surface area contributed by atoms with Crippen molar-refractivity contribution >= 4 is 0 Å². The van der Waals surface area contributed by atoms with Gasteiger partial charge in [0.1, 0.15) is 0 Å². The molecule has 0 amide bonds. The molecule has 0 spiro atoms. The molecule has 1 heterocycles. The molecule has 2 atom stereocenters. The number of nitriles is 1. The van der Waals surface area contributed by atoms with Gasteiger partial charge < -0.3 is 10.4 Å². The maximum absolute atomic E-state index is 8.93. The average molecular weight is 251 g/mol. The predicted octanol–water partition coefficient (Wildman–Crippen LogP) is 0.973. The summed E-state index contributed by atoms with van der Waals surface area (Å²) in [5, 5.41) is 21.4. The van der Waals surface area contributed by atoms with Crippen LogP contribution in [-0.2, 0) is 0 Å². The van der Waals surface area contributed by atoms with Gasteiger partial charge in [-0.3, -0.25) is 4.90 Å². The van der Waals surface area contributed by atoms with Gasteiger partial charge in [0.15, 0.2) is 0 Å². The molecule has 0 bridgehead atoms. The lowest BCUT2D eigenvalue weighted by atomic mass is 9.90. The Bertz CT molecular complexity index is 285. The minimum absolute atomic E-state index is 0.287. The second-order valence-corrected chi connectivity index (χ2v) is 5.87. The lowest BCUT2D eigenvalue weighted by Gasteiger charge is -2.37. The summed E-state index contributed by atoms with van der Waals surface area (Å²) in [4.78, 5) is 2.26. The van der Waals surface area contributed by atoms with E-state index >= 15 is 0 Å². The molecule has 4 nitrogen and oxygen atoms in total. The number of aliphatic hydroxyl groups excluding tert-OH is 1. The molecule has 1 aliphatic heterocycles. The van der Waals surface area contributed by atoms with Gasteiger partial charge in [-0.2, -0.15) is 5.26 Å². The SMILES string of the molecule is N#CCN1CC(CCCO)CC(NCC2CC2)C1. The van der Waals surface area contributed by atoms with Crippen molar-refractivity contribution in [3.05, 3.63) is 0 Å². The first-order valence-corrected chi connectivity index (χ1v) is 7.25. The first-order valence-electron chi connectivity index (χ1n) is 7.25. The molecule has 0 aromatic carbocycles. The molecule has 0 aromatic rings. The van der Waals surface area contributed by atoms with Gasteiger partial charge in [0.25, 0.3) is 0 Å². The number of hydrogen-bond donors (Lipinski definition) is 2. The third kappa shape index (κ3) is 4.56. The van der Waals surface area contributed by atoms with Crippen LogP contribution in [0.5, 0.6) is 0 Å². The third-order valence-corrected chi connectivity index (χ3v) is 4.07. The second-order valence-electron chi connectivity index (χ2n) is 5.87. The van der Waals surface area contributed by atoms with Crippen LogP contribution in [0.2, 0.25) is 0 Å². The molecule has 2 rings (SSSR count). The monoisotopic (exact) mass is 251 g/mol. The smallest absolute Gasteiger partial charge is 0.0866 e. The number of nitrogens with one attached hydrogen (secondary N) is 1. The van der Waals surface area contributed by atoms with Gasteiger partial charge in [-0.25, -0.2) is 0 Å². The van der Waals surface area contributed by atoms with Crippen molar-refractivity contribution < 1.29 is 5.11 Å². The summed E-state index contributed by atoms with van der Waals surface area (Å²) in [6.45, 7) is 4.01. The number of rotatable bonds is 7. The van der Waals surface area contributed by atoms with Crippen molar-refractivity contribution in [3.63, 3.8) is 0 Å². The molecule has 1 saturated heterocycles. The fourth-order valence-electron chi connectivity index (χ4n) is 2.92. The molecule has 2 N–H and O–H groups in total. The Hall–Kier alpha value is -0.630. The van der Waals surface area contributed by atoms with Crippen molar-refractivity contribution in [3.8, 4) is 6.07 Å². The summed E-state index contributed by atoms with van der Waals surface area (Å²) in [7, 11) is 0. The Kier molecular flexibility index (Phi) is 5.43. The number of piperidine rings is 1. The van der Waals surface area contributed by atoms with Crippen LogP contribution in [0.25, 0.3) is 0 Å². The van der Waals surface area contributed by atoms with Crippen molar-refractivity contribution in [2.24, 2.45) is 11.8 Å². The zero-order valence-electron chi connectivity index (χ0n) is 11.1. The van der Waals surface area contributed by atoms with Gasteiger partial charge in [-0.1, -0.05) is 0 Å². The second kappa shape index (κ2) is 7.08. The summed E-state index contributed by atoms with van der Waals surface area (Å²) < 4.78 is 0. The van der Waals surface area contributed by atoms with E-state index in [0.717, 1.165) is 38.4 Å². The van der Waals surface area contributed by atoms with Crippen LogP contribution in [0.4, 0.5) is 0 Å². The largest absolute Gasteiger partial charge is 0.396 e. The summed E-state index contributed by atoms with van der Waals surface area (Å²) >= 11 is 0. The van der Waals surface area contributed by atoms with E-state index in [1.54, 1.807) is 0 Å². The van der Waals surface area contributed by atoms with E-state index in [1.807, 2.05) is 0 Å². The van der Waals surface area contributed by atoms with Crippen molar-refractivity contribution in [2.75, 3.05) is 32.8 Å². The minimum atomic E-state index is 0.287. The third-order valence-electron chi connectivity index (χ3n) is 4.07. The van der Waals surface area contributed by atoms with Crippen LogP contribution in [-0.4, -0.2) is 48.8 Å². The Balaban J connectivity index is 1.77. The lowest BCUT2D eigenvalue weighted by Crippen LogP contribution is -2.49. The Morgan fingerprint density at radius 1 is 1.28 bits per heavy atom. The molecule has 1 aliphatic carbocycles. The molecule has 4 heteroatoms. The Morgan fingerprint density at radius 3 is 2.78 bits per heavy atom. The molecule has 102 valence electrons. The van der Waals surface area contributed by atoms with Crippen LogP contribution < -0.4 is 5.32 Å². The van der Waals surface area contributed by atoms with E-state index < -0.39 is 0 Å². The topological polar surface area (TPSA) is 59.3 Å². The number of hydrogen-bond acceptors (Lipinski definition) is 4. The highest BCUT2D eigenvalue weighted by Gasteiger charge is 2.28. The van der Waals surface area contributed by atoms with E-state index in [1.165, 1.54) is 19.3 Å². The first kappa shape index (κ1) is 13.8. The van der Waals surface area contributed by atoms with Gasteiger partial charge in [0, 0.05) is 25.7 Å². The molecule has 1 saturated carbocycles. The Morgan fingerprint density at radius 2 is 2.11 bits per heavy atom. The fraction of sp³-hybridized carbons (Fsp3) is 0.929. The van der Waals surface area contributed by atoms with Crippen LogP contribution >= 0.6 is 0 Å². The highest BCUT2D eigenvalue weighted by Crippen LogP contribution is 2.28. The maximum atomic E-state index is 8.93. The summed E-state index contributed by atoms with van der Waals surface area (Å²) in [5.74, 6) is 1.54. The van der Waals surface area contributed by atoms with Gasteiger partial charge >= 0.3 is 0 Å². The molecule has 2 unspecified atom stereocenters. The summed E-state index contributed by atoms with van der Waals surface area (Å²) in [5.41, 5.74) is 0. The maximum Gasteiger partial charge on any atom is 0.0866 e. The number of likely N-dealkylation sites (tertiary alicyclic amines) is 1. The quantitative estimate of drug-likeness (QED) is 0.662. The summed E-state index contributed by atoms with van der Waals surface area (Å²) in [6, 6.07) is 2.80. The van der Waals surface area contributed by atoms with E-state index in [0.29, 0.717) is 18.5 Å². The van der Waals surface area contributed by atoms with Crippen LogP contribution in [0, 0.1) is 23.2 Å². The van der Waals surface area contributed by atoms with Gasteiger partial charge in [-0.05, 0) is 50.5 Å². The van der Waals surface area contributed by atoms with Crippen LogP contribution in [0.15, 0.2) is 0 Å². The van der Waals surface area contributed by atoms with Crippen molar-refractivity contribution in [1.82, 2.24) is 10.2 Å². The van der Waals surface area contributed by atoms with E-state index in [9.17, 15) is 0 Å². The zero-order chi connectivity index (χ0) is 12.8. The molecule has 2 fully saturated rings. The van der Waals surface area contributed by atoms with Gasteiger partial charge in [0.05, 0.1) is 12.6 Å². The molecule has 2 aliphatic rings. The normalized spacial score (nSPS) is 29.1. The zero-order valence-corrected chi connectivity index (χ0v) is 11.1. The summed E-state index contributed by atoms with van der Waals surface area (Å²) in [6.07, 6.45) is 5.94. The predicted molar refractivity (Wildman–Crippen MR) is 71.0 cm³/mol. The minimum Gasteiger partial charge on any atom is -0.396 e. The van der Waals surface area contributed by atoms with E-state index in [-0.39, 0.29) is 6.61 Å². The van der Waals surface area contributed by atoms with Gasteiger partial charge in [-0.15, -0.1) is 0 Å². The van der Waals surface area contributed by atoms with E-state index in [4.69, 9.17) is 10.4 Å². The highest BCUT2D eigenvalue weighted by atomic mass is 16.2. The van der Waals surface area contributed by atoms with Crippen LogP contribution in [0.3, 0.4) is 0 Å². The average Bonchev–Trinajstić information content (AvgIpc) is 3.18. The molecule has 0 aromatic heterocycles. The standard InChI is InChI=1S/C14H25N3O/c15-5-6-17-10-13(2-1-7-18)8-14(11-17)16-9-12-3-4-12/h12-14,16,18H,1-4,6-11H2. The number of nitrogens with zero attached hydrogens (tertiary/aromatic N) is 2. The Labute approximate surface area is 110 Å². The molecule has 18 heavy (non-hydrogen) atoms. The molecular weight excluding hydrogens is 226 g/mol. The van der Waals surface area contributed by atoms with Crippen molar-refractivity contribution in [1.29, 1.82) is 5.26 Å². The van der Waals surface area contributed by atoms with Gasteiger partial charge in [0.2, 0.25) is 0 Å². The van der Waals surface area contributed by atoms with E-state index in [2.05, 4.69) is 16.3 Å². The molecule has 0 radical (unpaired) electrons. The van der Waals surface area contributed by atoms with Crippen molar-refractivity contribution in [2.45, 2.75) is 38.1 Å². The lowest BCUT2D eigenvalue weighted by molar-refractivity contribution is 0.142. The van der Waals surface area contributed by atoms with Crippen LogP contribution in [0.1, 0.15) is 32.1 Å². The highest BCUT2D eigenvalue weighted by molar-refractivity contribution is 4.89. The first-order chi connectivity index (χ1) is 8.81. The fourth-order valence-corrected chi connectivity index (χ4v) is 2.92. The number of aliphatic hydroxyl groups is 1.